The average molecular weight is 320 g/mol. The summed E-state index contributed by atoms with van der Waals surface area (Å²) in [5, 5.41) is 23.4. The Kier molecular flexibility index (Phi) is 4.42. The third-order valence-corrected chi connectivity index (χ3v) is 5.15. The monoisotopic (exact) mass is 320 g/mol. The van der Waals surface area contributed by atoms with Gasteiger partial charge in [-0.25, -0.2) is 4.98 Å². The second-order valence-electron chi connectivity index (χ2n) is 5.81. The molecule has 0 saturated heterocycles. The van der Waals surface area contributed by atoms with E-state index in [0.29, 0.717) is 10.9 Å². The zero-order chi connectivity index (χ0) is 15.7. The molecule has 1 saturated carbocycles. The van der Waals surface area contributed by atoms with E-state index in [1.54, 1.807) is 0 Å². The van der Waals surface area contributed by atoms with Crippen molar-refractivity contribution in [2.45, 2.75) is 44.4 Å². The topological polar surface area (TPSA) is 82.5 Å². The fraction of sp³-hybridized carbons (Fsp3) is 0.500. The number of nitrogens with zero attached hydrogens (tertiary/aromatic N) is 1. The summed E-state index contributed by atoms with van der Waals surface area (Å²) in [6.45, 7) is 2.11. The SMILES string of the molecule is CCCC1CC1NC(=O)C(O)C(O)c1nc2ccccc2s1. The van der Waals surface area contributed by atoms with E-state index >= 15 is 0 Å². The molecule has 118 valence electrons. The van der Waals surface area contributed by atoms with Crippen LogP contribution in [0.2, 0.25) is 0 Å². The van der Waals surface area contributed by atoms with Crippen LogP contribution in [0.25, 0.3) is 10.2 Å². The lowest BCUT2D eigenvalue weighted by Gasteiger charge is -2.15. The molecule has 0 bridgehead atoms. The zero-order valence-corrected chi connectivity index (χ0v) is 13.2. The number of benzene rings is 1. The van der Waals surface area contributed by atoms with Crippen LogP contribution < -0.4 is 5.32 Å². The Labute approximate surface area is 133 Å². The van der Waals surface area contributed by atoms with Gasteiger partial charge < -0.3 is 15.5 Å². The van der Waals surface area contributed by atoms with Crippen LogP contribution in [0.15, 0.2) is 24.3 Å². The van der Waals surface area contributed by atoms with Crippen LogP contribution in [0.3, 0.4) is 0 Å². The molecule has 3 N–H and O–H groups in total. The molecule has 5 nitrogen and oxygen atoms in total. The van der Waals surface area contributed by atoms with Gasteiger partial charge in [0.2, 0.25) is 0 Å². The first-order valence-corrected chi connectivity index (χ1v) is 8.43. The molecule has 0 radical (unpaired) electrons. The number of aliphatic hydroxyl groups is 2. The van der Waals surface area contributed by atoms with E-state index in [1.807, 2.05) is 24.3 Å². The van der Waals surface area contributed by atoms with E-state index < -0.39 is 18.1 Å². The van der Waals surface area contributed by atoms with Crippen molar-refractivity contribution in [3.05, 3.63) is 29.3 Å². The lowest BCUT2D eigenvalue weighted by molar-refractivity contribution is -0.135. The Morgan fingerprint density at radius 1 is 1.45 bits per heavy atom. The molecule has 4 atom stereocenters. The van der Waals surface area contributed by atoms with E-state index in [-0.39, 0.29) is 6.04 Å². The Morgan fingerprint density at radius 3 is 2.95 bits per heavy atom. The largest absolute Gasteiger partial charge is 0.383 e. The summed E-state index contributed by atoms with van der Waals surface area (Å²) in [7, 11) is 0. The predicted molar refractivity (Wildman–Crippen MR) is 85.5 cm³/mol. The summed E-state index contributed by atoms with van der Waals surface area (Å²) in [6.07, 6.45) is 0.364. The summed E-state index contributed by atoms with van der Waals surface area (Å²) >= 11 is 1.29. The molecule has 1 aromatic heterocycles. The quantitative estimate of drug-likeness (QED) is 0.760. The van der Waals surface area contributed by atoms with Crippen molar-refractivity contribution in [3.63, 3.8) is 0 Å². The van der Waals surface area contributed by atoms with Gasteiger partial charge in [-0.1, -0.05) is 25.5 Å². The standard InChI is InChI=1S/C16H20N2O3S/c1-2-5-9-8-11(9)17-15(21)13(19)14(20)16-18-10-6-3-4-7-12(10)22-16/h3-4,6-7,9,11,13-14,19-20H,2,5,8H2,1H3,(H,17,21). The van der Waals surface area contributed by atoms with Crippen LogP contribution in [0.5, 0.6) is 0 Å². The summed E-state index contributed by atoms with van der Waals surface area (Å²) in [5.41, 5.74) is 0.763. The maximum atomic E-state index is 12.0. The third kappa shape index (κ3) is 3.14. The molecule has 6 heteroatoms. The first-order chi connectivity index (χ1) is 10.6. The number of hydrogen-bond acceptors (Lipinski definition) is 5. The van der Waals surface area contributed by atoms with E-state index in [0.717, 1.165) is 29.5 Å². The number of aliphatic hydroxyl groups excluding tert-OH is 2. The summed E-state index contributed by atoms with van der Waals surface area (Å²) in [5.74, 6) is -0.00361. The highest BCUT2D eigenvalue weighted by atomic mass is 32.1. The number of aromatic nitrogens is 1. The lowest BCUT2D eigenvalue weighted by Crippen LogP contribution is -2.40. The highest BCUT2D eigenvalue weighted by Crippen LogP contribution is 2.35. The average Bonchev–Trinajstić information content (AvgIpc) is 3.10. The molecule has 2 aromatic rings. The van der Waals surface area contributed by atoms with Gasteiger partial charge in [0.15, 0.2) is 6.10 Å². The van der Waals surface area contributed by atoms with Crippen LogP contribution in [0.1, 0.15) is 37.3 Å². The van der Waals surface area contributed by atoms with Crippen LogP contribution >= 0.6 is 11.3 Å². The zero-order valence-electron chi connectivity index (χ0n) is 12.4. The molecule has 22 heavy (non-hydrogen) atoms. The molecule has 1 aliphatic carbocycles. The van der Waals surface area contributed by atoms with Gasteiger partial charge in [0, 0.05) is 6.04 Å². The lowest BCUT2D eigenvalue weighted by atomic mass is 10.2. The molecule has 4 unspecified atom stereocenters. The number of fused-ring (bicyclic) bond motifs is 1. The summed E-state index contributed by atoms with van der Waals surface area (Å²) in [4.78, 5) is 16.3. The number of carbonyl (C=O) groups excluding carboxylic acids is 1. The molecule has 1 amide bonds. The van der Waals surface area contributed by atoms with Gasteiger partial charge in [0.1, 0.15) is 11.1 Å². The summed E-state index contributed by atoms with van der Waals surface area (Å²) < 4.78 is 0.925. The molecular weight excluding hydrogens is 300 g/mol. The van der Waals surface area contributed by atoms with E-state index in [1.165, 1.54) is 11.3 Å². The van der Waals surface area contributed by atoms with Crippen molar-refractivity contribution in [2.75, 3.05) is 0 Å². The van der Waals surface area contributed by atoms with Gasteiger partial charge in [0.25, 0.3) is 5.91 Å². The van der Waals surface area contributed by atoms with Gasteiger partial charge in [-0.15, -0.1) is 11.3 Å². The fourth-order valence-electron chi connectivity index (χ4n) is 2.68. The second-order valence-corrected chi connectivity index (χ2v) is 6.87. The Morgan fingerprint density at radius 2 is 2.23 bits per heavy atom. The smallest absolute Gasteiger partial charge is 0.252 e. The molecule has 1 aromatic carbocycles. The molecule has 0 spiro atoms. The van der Waals surface area contributed by atoms with Crippen molar-refractivity contribution in [2.24, 2.45) is 5.92 Å². The van der Waals surface area contributed by atoms with Gasteiger partial charge >= 0.3 is 0 Å². The van der Waals surface area contributed by atoms with E-state index in [4.69, 9.17) is 0 Å². The maximum absolute atomic E-state index is 12.0. The number of hydrogen-bond donors (Lipinski definition) is 3. The number of amides is 1. The van der Waals surface area contributed by atoms with Crippen LogP contribution in [0, 0.1) is 5.92 Å². The van der Waals surface area contributed by atoms with Gasteiger partial charge in [0.05, 0.1) is 10.2 Å². The maximum Gasteiger partial charge on any atom is 0.252 e. The van der Waals surface area contributed by atoms with Crippen LogP contribution in [-0.2, 0) is 4.79 Å². The molecular formula is C16H20N2O3S. The molecule has 1 heterocycles. The predicted octanol–water partition coefficient (Wildman–Crippen LogP) is 2.00. The Balaban J connectivity index is 1.63. The molecule has 0 aliphatic heterocycles. The van der Waals surface area contributed by atoms with Gasteiger partial charge in [-0.3, -0.25) is 4.79 Å². The number of thiazole rings is 1. The van der Waals surface area contributed by atoms with E-state index in [2.05, 4.69) is 17.2 Å². The molecule has 1 aliphatic rings. The highest BCUT2D eigenvalue weighted by molar-refractivity contribution is 7.18. The third-order valence-electron chi connectivity index (χ3n) is 4.04. The number of rotatable bonds is 6. The molecule has 1 fully saturated rings. The Bertz CT molecular complexity index is 639. The first-order valence-electron chi connectivity index (χ1n) is 7.62. The minimum absolute atomic E-state index is 0.143. The van der Waals surface area contributed by atoms with Crippen molar-refractivity contribution in [3.8, 4) is 0 Å². The number of carbonyl (C=O) groups is 1. The van der Waals surface area contributed by atoms with Gasteiger partial charge in [-0.05, 0) is 30.9 Å². The normalized spacial score (nSPS) is 23.2. The molecule has 3 rings (SSSR count). The first kappa shape index (κ1) is 15.4. The van der Waals surface area contributed by atoms with Crippen molar-refractivity contribution in [1.82, 2.24) is 10.3 Å². The highest BCUT2D eigenvalue weighted by Gasteiger charge is 2.39. The van der Waals surface area contributed by atoms with Crippen molar-refractivity contribution < 1.29 is 15.0 Å². The minimum Gasteiger partial charge on any atom is -0.383 e. The van der Waals surface area contributed by atoms with Crippen LogP contribution in [-0.4, -0.2) is 33.3 Å². The van der Waals surface area contributed by atoms with Crippen molar-refractivity contribution >= 4 is 27.5 Å². The minimum atomic E-state index is -1.48. The fourth-order valence-corrected chi connectivity index (χ4v) is 3.66. The Hall–Kier alpha value is -1.50. The van der Waals surface area contributed by atoms with Crippen LogP contribution in [0.4, 0.5) is 0 Å². The number of nitrogens with one attached hydrogen (secondary N) is 1. The van der Waals surface area contributed by atoms with E-state index in [9.17, 15) is 15.0 Å². The number of para-hydroxylation sites is 1. The van der Waals surface area contributed by atoms with Gasteiger partial charge in [-0.2, -0.15) is 0 Å². The summed E-state index contributed by atoms with van der Waals surface area (Å²) in [6, 6.07) is 7.64. The van der Waals surface area contributed by atoms with Crippen molar-refractivity contribution in [1.29, 1.82) is 0 Å². The second kappa shape index (κ2) is 6.32.